The first-order chi connectivity index (χ1) is 14.1. The van der Waals surface area contributed by atoms with E-state index in [0.29, 0.717) is 12.2 Å². The summed E-state index contributed by atoms with van der Waals surface area (Å²) >= 11 is 0. The third-order valence-corrected chi connectivity index (χ3v) is 5.90. The maximum Gasteiger partial charge on any atom is 0.314 e. The zero-order valence-corrected chi connectivity index (χ0v) is 15.9. The zero-order valence-electron chi connectivity index (χ0n) is 15.9. The molecule has 0 bridgehead atoms. The van der Waals surface area contributed by atoms with Gasteiger partial charge in [0, 0.05) is 31.5 Å². The molecule has 29 heavy (non-hydrogen) atoms. The van der Waals surface area contributed by atoms with Crippen LogP contribution in [0.5, 0.6) is 0 Å². The lowest BCUT2D eigenvalue weighted by atomic mass is 9.87. The van der Waals surface area contributed by atoms with E-state index in [1.807, 2.05) is 29.2 Å². The van der Waals surface area contributed by atoms with Gasteiger partial charge in [0.05, 0.1) is 17.9 Å². The molecule has 1 aliphatic carbocycles. The molecule has 1 unspecified atom stereocenters. The van der Waals surface area contributed by atoms with E-state index in [-0.39, 0.29) is 18.0 Å². The van der Waals surface area contributed by atoms with Crippen molar-refractivity contribution < 1.29 is 9.59 Å². The van der Waals surface area contributed by atoms with Crippen LogP contribution in [0.25, 0.3) is 16.9 Å². The van der Waals surface area contributed by atoms with E-state index in [9.17, 15) is 14.4 Å². The molecule has 3 amide bonds. The Morgan fingerprint density at radius 3 is 2.97 bits per heavy atom. The average molecular weight is 392 g/mol. The number of hydrogen-bond acceptors (Lipinski definition) is 4. The van der Waals surface area contributed by atoms with Crippen molar-refractivity contribution in [1.29, 1.82) is 0 Å². The Hall–Kier alpha value is -3.62. The number of nitrogens with one attached hydrogen (secondary N) is 3. The van der Waals surface area contributed by atoms with Crippen molar-refractivity contribution in [3.63, 3.8) is 0 Å². The van der Waals surface area contributed by atoms with E-state index in [2.05, 4.69) is 20.6 Å². The Labute approximate surface area is 165 Å². The molecule has 148 valence electrons. The maximum absolute atomic E-state index is 13.2. The van der Waals surface area contributed by atoms with Gasteiger partial charge < -0.3 is 20.5 Å². The normalized spacial score (nSPS) is 19.4. The number of aromatic nitrogens is 3. The summed E-state index contributed by atoms with van der Waals surface area (Å²) in [7, 11) is 1.51. The monoisotopic (exact) mass is 392 g/mol. The highest BCUT2D eigenvalue weighted by Crippen LogP contribution is 2.54. The minimum absolute atomic E-state index is 0.102. The topological polar surface area (TPSA) is 112 Å². The largest absolute Gasteiger partial charge is 0.341 e. The molecule has 1 saturated heterocycles. The van der Waals surface area contributed by atoms with Crippen LogP contribution in [0.3, 0.4) is 0 Å². The molecular formula is C20H20N6O3. The number of amides is 3. The summed E-state index contributed by atoms with van der Waals surface area (Å²) in [4.78, 5) is 46.3. The van der Waals surface area contributed by atoms with E-state index in [1.165, 1.54) is 7.05 Å². The summed E-state index contributed by atoms with van der Waals surface area (Å²) in [6.45, 7) is 0.465. The van der Waals surface area contributed by atoms with E-state index in [0.717, 1.165) is 35.4 Å². The van der Waals surface area contributed by atoms with Crippen LogP contribution in [0.4, 0.5) is 4.79 Å². The molecule has 2 aliphatic rings. The average Bonchev–Trinajstić information content (AvgIpc) is 3.45. The highest BCUT2D eigenvalue weighted by atomic mass is 16.2. The van der Waals surface area contributed by atoms with Gasteiger partial charge in [-0.15, -0.1) is 0 Å². The predicted octanol–water partition coefficient (Wildman–Crippen LogP) is 0.798. The van der Waals surface area contributed by atoms with Crippen molar-refractivity contribution in [2.24, 2.45) is 0 Å². The molecule has 5 rings (SSSR count). The fourth-order valence-corrected chi connectivity index (χ4v) is 4.81. The van der Waals surface area contributed by atoms with Crippen LogP contribution in [-0.4, -0.2) is 51.3 Å². The smallest absolute Gasteiger partial charge is 0.314 e. The molecule has 1 aliphatic heterocycles. The van der Waals surface area contributed by atoms with Gasteiger partial charge in [0.1, 0.15) is 5.54 Å². The molecule has 3 N–H and O–H groups in total. The second-order valence-corrected chi connectivity index (χ2v) is 7.29. The zero-order chi connectivity index (χ0) is 20.2. The quantitative estimate of drug-likeness (QED) is 0.599. The van der Waals surface area contributed by atoms with Crippen LogP contribution >= 0.6 is 0 Å². The Morgan fingerprint density at radius 1 is 1.31 bits per heavy atom. The van der Waals surface area contributed by atoms with Crippen LogP contribution in [0, 0.1) is 0 Å². The number of aromatic amines is 1. The van der Waals surface area contributed by atoms with Crippen molar-refractivity contribution in [2.75, 3.05) is 20.1 Å². The van der Waals surface area contributed by atoms with Gasteiger partial charge in [-0.25, -0.2) is 9.78 Å². The molecule has 0 saturated carbocycles. The highest BCUT2D eigenvalue weighted by molar-refractivity contribution is 5.88. The summed E-state index contributed by atoms with van der Waals surface area (Å²) in [6.07, 6.45) is 4.90. The first kappa shape index (κ1) is 17.5. The Kier molecular flexibility index (Phi) is 3.73. The van der Waals surface area contributed by atoms with E-state index in [1.54, 1.807) is 16.8 Å². The van der Waals surface area contributed by atoms with Gasteiger partial charge in [-0.1, -0.05) is 24.3 Å². The van der Waals surface area contributed by atoms with E-state index >= 15 is 0 Å². The minimum Gasteiger partial charge on any atom is -0.341 e. The van der Waals surface area contributed by atoms with E-state index in [4.69, 9.17) is 0 Å². The fraction of sp³-hybridized carbons (Fsp3) is 0.300. The van der Waals surface area contributed by atoms with Gasteiger partial charge in [0.2, 0.25) is 11.6 Å². The Morgan fingerprint density at radius 2 is 2.14 bits per heavy atom. The third kappa shape index (κ3) is 2.27. The number of imidazole rings is 1. The molecule has 1 atom stereocenters. The van der Waals surface area contributed by atoms with Crippen LogP contribution in [-0.2, 0) is 10.3 Å². The summed E-state index contributed by atoms with van der Waals surface area (Å²) in [5, 5.41) is 5.04. The minimum atomic E-state index is -0.712. The van der Waals surface area contributed by atoms with Crippen molar-refractivity contribution in [3.05, 3.63) is 58.3 Å². The number of urea groups is 1. The van der Waals surface area contributed by atoms with Crippen LogP contribution in [0.15, 0.2) is 41.5 Å². The molecule has 9 heteroatoms. The Balaban J connectivity index is 1.72. The van der Waals surface area contributed by atoms with Crippen LogP contribution in [0.2, 0.25) is 0 Å². The molecule has 3 aromatic rings. The van der Waals surface area contributed by atoms with Crippen molar-refractivity contribution in [1.82, 2.24) is 29.9 Å². The molecule has 0 radical (unpaired) electrons. The first-order valence-corrected chi connectivity index (χ1v) is 9.53. The predicted molar refractivity (Wildman–Crippen MR) is 105 cm³/mol. The van der Waals surface area contributed by atoms with Crippen molar-refractivity contribution in [2.45, 2.75) is 18.4 Å². The molecular weight excluding hydrogens is 372 g/mol. The fourth-order valence-electron chi connectivity index (χ4n) is 4.81. The molecule has 1 aromatic carbocycles. The molecule has 1 fully saturated rings. The number of benzene rings is 1. The van der Waals surface area contributed by atoms with Crippen molar-refractivity contribution >= 4 is 17.6 Å². The molecule has 3 heterocycles. The molecule has 2 aromatic heterocycles. The van der Waals surface area contributed by atoms with Gasteiger partial charge in [0.25, 0.3) is 5.56 Å². The van der Waals surface area contributed by atoms with Gasteiger partial charge >= 0.3 is 6.03 Å². The molecule has 1 spiro atoms. The summed E-state index contributed by atoms with van der Waals surface area (Å²) < 4.78 is 1.80. The number of likely N-dealkylation sites (tertiary alicyclic amines) is 1. The number of carbonyl (C=O) groups is 2. The maximum atomic E-state index is 13.2. The van der Waals surface area contributed by atoms with Crippen LogP contribution in [0.1, 0.15) is 24.1 Å². The van der Waals surface area contributed by atoms with Crippen molar-refractivity contribution in [3.8, 4) is 11.3 Å². The van der Waals surface area contributed by atoms with Gasteiger partial charge in [-0.2, -0.15) is 0 Å². The lowest BCUT2D eigenvalue weighted by Gasteiger charge is -2.37. The number of hydrogen-bond donors (Lipinski definition) is 3. The highest BCUT2D eigenvalue weighted by Gasteiger charge is 2.54. The second kappa shape index (κ2) is 6.20. The second-order valence-electron chi connectivity index (χ2n) is 7.29. The summed E-state index contributed by atoms with van der Waals surface area (Å²) in [5.41, 5.74) is 2.78. The number of rotatable bonds is 2. The summed E-state index contributed by atoms with van der Waals surface area (Å²) in [5.74, 6) is -0.173. The van der Waals surface area contributed by atoms with Gasteiger partial charge in [0.15, 0.2) is 0 Å². The third-order valence-electron chi connectivity index (χ3n) is 5.90. The first-order valence-electron chi connectivity index (χ1n) is 9.53. The van der Waals surface area contributed by atoms with E-state index < -0.39 is 11.6 Å². The number of H-pyrrole nitrogens is 1. The number of nitrogens with zero attached hydrogens (tertiary/aromatic N) is 3. The summed E-state index contributed by atoms with van der Waals surface area (Å²) in [6, 6.07) is 7.44. The number of fused-ring (bicyclic) bond motifs is 7. The lowest BCUT2D eigenvalue weighted by molar-refractivity contribution is -0.133. The standard InChI is InChI=1S/C20H20N6O3/c1-21-19(29)23-11-14(27)26-9-4-7-20(26)13-6-3-2-5-12(13)15-16(20)25-10-8-22-17(25)18(28)24-15/h2-3,5-6,8,10H,4,7,9,11H2,1H3,(H,24,28)(H2,21,23,29). The van der Waals surface area contributed by atoms with Gasteiger partial charge in [-0.3, -0.25) is 14.0 Å². The Bertz CT molecular complexity index is 1210. The number of carbonyl (C=O) groups excluding carboxylic acids is 2. The SMILES string of the molecule is CNC(=O)NCC(=O)N1CCCC12c1ccccc1-c1[nH]c(=O)c3nccn3c12. The lowest BCUT2D eigenvalue weighted by Crippen LogP contribution is -2.50. The van der Waals surface area contributed by atoms with Gasteiger partial charge in [-0.05, 0) is 18.4 Å². The molecule has 9 nitrogen and oxygen atoms in total. The van der Waals surface area contributed by atoms with Crippen LogP contribution < -0.4 is 16.2 Å².